The van der Waals surface area contributed by atoms with Crippen LogP contribution in [-0.2, 0) is 0 Å². The Balaban J connectivity index is 2.31. The van der Waals surface area contributed by atoms with E-state index in [0.717, 1.165) is 27.0 Å². The molecule has 5 heteroatoms. The molecule has 2 nitrogen and oxygen atoms in total. The van der Waals surface area contributed by atoms with Gasteiger partial charge in [0.05, 0.1) is 11.7 Å². The van der Waals surface area contributed by atoms with Gasteiger partial charge in [-0.2, -0.15) is 5.10 Å². The summed E-state index contributed by atoms with van der Waals surface area (Å²) in [5.41, 5.74) is 2.04. The van der Waals surface area contributed by atoms with Crippen LogP contribution in [0, 0.1) is 18.6 Å². The minimum atomic E-state index is -0.636. The fourth-order valence-corrected chi connectivity index (χ4v) is 2.73. The van der Waals surface area contributed by atoms with Crippen LogP contribution in [0.3, 0.4) is 0 Å². The van der Waals surface area contributed by atoms with Crippen molar-refractivity contribution in [3.8, 4) is 5.69 Å². The van der Waals surface area contributed by atoms with Crippen molar-refractivity contribution in [3.63, 3.8) is 0 Å². The van der Waals surface area contributed by atoms with E-state index in [2.05, 4.69) is 21.0 Å². The summed E-state index contributed by atoms with van der Waals surface area (Å²) in [7, 11) is 0. The van der Waals surface area contributed by atoms with Crippen LogP contribution in [0.1, 0.15) is 5.56 Å². The molecule has 0 spiro atoms. The summed E-state index contributed by atoms with van der Waals surface area (Å²) in [6, 6.07) is 7.34. The molecular formula is C14H9BrF2N2. The fraction of sp³-hybridized carbons (Fsp3) is 0.0714. The molecule has 3 rings (SSSR count). The number of aromatic nitrogens is 2. The molecule has 0 aliphatic heterocycles. The number of nitrogens with zero attached hydrogens (tertiary/aromatic N) is 2. The summed E-state index contributed by atoms with van der Waals surface area (Å²) in [5, 5.41) is 5.07. The van der Waals surface area contributed by atoms with Gasteiger partial charge >= 0.3 is 0 Å². The number of rotatable bonds is 1. The zero-order valence-corrected chi connectivity index (χ0v) is 11.6. The maximum atomic E-state index is 13.8. The first-order valence-corrected chi connectivity index (χ1v) is 6.45. The van der Waals surface area contributed by atoms with Gasteiger partial charge in [-0.25, -0.2) is 13.5 Å². The first kappa shape index (κ1) is 12.3. The average molecular weight is 323 g/mol. The van der Waals surface area contributed by atoms with Crippen LogP contribution in [0.5, 0.6) is 0 Å². The number of halogens is 3. The molecule has 0 fully saturated rings. The molecular weight excluding hydrogens is 314 g/mol. The lowest BCUT2D eigenvalue weighted by molar-refractivity contribution is 0.575. The molecule has 0 saturated heterocycles. The van der Waals surface area contributed by atoms with Crippen molar-refractivity contribution in [2.24, 2.45) is 0 Å². The molecule has 1 aromatic heterocycles. The van der Waals surface area contributed by atoms with E-state index < -0.39 is 11.6 Å². The van der Waals surface area contributed by atoms with Crippen LogP contribution in [0.2, 0.25) is 0 Å². The van der Waals surface area contributed by atoms with Gasteiger partial charge in [0.15, 0.2) is 5.82 Å². The summed E-state index contributed by atoms with van der Waals surface area (Å²) >= 11 is 3.46. The second-order valence-corrected chi connectivity index (χ2v) is 5.19. The second kappa shape index (κ2) is 4.42. The van der Waals surface area contributed by atoms with Gasteiger partial charge in [-0.1, -0.05) is 15.9 Å². The molecule has 1 heterocycles. The molecule has 0 N–H and O–H groups in total. The zero-order valence-electron chi connectivity index (χ0n) is 9.99. The molecule has 0 aliphatic rings. The highest BCUT2D eigenvalue weighted by Crippen LogP contribution is 2.28. The number of benzene rings is 2. The minimum absolute atomic E-state index is 0.230. The summed E-state index contributed by atoms with van der Waals surface area (Å²) in [5.74, 6) is -1.24. The third-order valence-electron chi connectivity index (χ3n) is 2.92. The molecule has 0 atom stereocenters. The lowest BCUT2D eigenvalue weighted by Gasteiger charge is -2.06. The van der Waals surface area contributed by atoms with Gasteiger partial charge in [0.2, 0.25) is 0 Å². The molecule has 2 aromatic carbocycles. The van der Waals surface area contributed by atoms with E-state index in [1.54, 1.807) is 6.20 Å². The quantitative estimate of drug-likeness (QED) is 0.650. The predicted molar refractivity (Wildman–Crippen MR) is 73.4 cm³/mol. The molecule has 0 unspecified atom stereocenters. The Morgan fingerprint density at radius 3 is 2.68 bits per heavy atom. The zero-order chi connectivity index (χ0) is 13.6. The maximum absolute atomic E-state index is 13.8. The summed E-state index contributed by atoms with van der Waals surface area (Å²) < 4.78 is 29.2. The molecule has 96 valence electrons. The van der Waals surface area contributed by atoms with Gasteiger partial charge in [0, 0.05) is 15.9 Å². The monoisotopic (exact) mass is 322 g/mol. The first-order valence-electron chi connectivity index (χ1n) is 5.65. The second-order valence-electron chi connectivity index (χ2n) is 4.33. The molecule has 0 saturated carbocycles. The molecule has 0 aliphatic carbocycles. The predicted octanol–water partition coefficient (Wildman–Crippen LogP) is 4.37. The van der Waals surface area contributed by atoms with Gasteiger partial charge in [0.25, 0.3) is 0 Å². The van der Waals surface area contributed by atoms with Gasteiger partial charge in [-0.05, 0) is 36.8 Å². The summed E-state index contributed by atoms with van der Waals surface area (Å²) in [6.07, 6.45) is 1.65. The number of hydrogen-bond acceptors (Lipinski definition) is 1. The SMILES string of the molecule is Cc1cc(Br)c2cnn(-c3ccc(F)cc3F)c2c1. The van der Waals surface area contributed by atoms with Crippen LogP contribution in [0.25, 0.3) is 16.6 Å². The minimum Gasteiger partial charge on any atom is -0.230 e. The highest BCUT2D eigenvalue weighted by molar-refractivity contribution is 9.10. The Morgan fingerprint density at radius 2 is 1.95 bits per heavy atom. The van der Waals surface area contributed by atoms with E-state index in [-0.39, 0.29) is 5.69 Å². The Morgan fingerprint density at radius 1 is 1.16 bits per heavy atom. The van der Waals surface area contributed by atoms with E-state index >= 15 is 0 Å². The largest absolute Gasteiger partial charge is 0.230 e. The van der Waals surface area contributed by atoms with Crippen molar-refractivity contribution < 1.29 is 8.78 Å². The van der Waals surface area contributed by atoms with Gasteiger partial charge in [-0.3, -0.25) is 0 Å². The number of hydrogen-bond donors (Lipinski definition) is 0. The lowest BCUT2D eigenvalue weighted by atomic mass is 10.2. The fourth-order valence-electron chi connectivity index (χ4n) is 2.06. The molecule has 0 bridgehead atoms. The van der Waals surface area contributed by atoms with E-state index in [1.165, 1.54) is 16.8 Å². The third kappa shape index (κ3) is 2.04. The molecule has 0 radical (unpaired) electrons. The smallest absolute Gasteiger partial charge is 0.151 e. The van der Waals surface area contributed by atoms with Crippen molar-refractivity contribution in [2.45, 2.75) is 6.92 Å². The number of fused-ring (bicyclic) bond motifs is 1. The molecule has 0 amide bonds. The lowest BCUT2D eigenvalue weighted by Crippen LogP contribution is -2.00. The van der Waals surface area contributed by atoms with Crippen LogP contribution >= 0.6 is 15.9 Å². The van der Waals surface area contributed by atoms with Crippen LogP contribution < -0.4 is 0 Å². The van der Waals surface area contributed by atoms with Gasteiger partial charge < -0.3 is 0 Å². The van der Waals surface area contributed by atoms with E-state index in [9.17, 15) is 8.78 Å². The van der Waals surface area contributed by atoms with E-state index in [0.29, 0.717) is 0 Å². The molecule has 19 heavy (non-hydrogen) atoms. The Labute approximate surface area is 116 Å². The first-order chi connectivity index (χ1) is 9.06. The van der Waals surface area contributed by atoms with Crippen molar-refractivity contribution in [3.05, 3.63) is 58.2 Å². The summed E-state index contributed by atoms with van der Waals surface area (Å²) in [4.78, 5) is 0. The Bertz CT molecular complexity index is 780. The van der Waals surface area contributed by atoms with Gasteiger partial charge in [0.1, 0.15) is 11.5 Å². The highest BCUT2D eigenvalue weighted by Gasteiger charge is 2.12. The van der Waals surface area contributed by atoms with Crippen molar-refractivity contribution in [2.75, 3.05) is 0 Å². The van der Waals surface area contributed by atoms with E-state index in [4.69, 9.17) is 0 Å². The summed E-state index contributed by atoms with van der Waals surface area (Å²) in [6.45, 7) is 1.95. The van der Waals surface area contributed by atoms with Crippen LogP contribution in [0.4, 0.5) is 8.78 Å². The third-order valence-corrected chi connectivity index (χ3v) is 3.58. The molecule has 3 aromatic rings. The average Bonchev–Trinajstić information content (AvgIpc) is 2.73. The Hall–Kier alpha value is -1.75. The van der Waals surface area contributed by atoms with Crippen molar-refractivity contribution >= 4 is 26.8 Å². The normalized spacial score (nSPS) is 11.2. The van der Waals surface area contributed by atoms with Crippen molar-refractivity contribution in [1.29, 1.82) is 0 Å². The Kier molecular flexibility index (Phi) is 2.86. The van der Waals surface area contributed by atoms with Crippen LogP contribution in [-0.4, -0.2) is 9.78 Å². The highest BCUT2D eigenvalue weighted by atomic mass is 79.9. The standard InChI is InChI=1S/C14H9BrF2N2/c1-8-4-11(15)10-7-18-19(14(10)5-8)13-3-2-9(16)6-12(13)17/h2-7H,1H3. The van der Waals surface area contributed by atoms with Crippen molar-refractivity contribution in [1.82, 2.24) is 9.78 Å². The topological polar surface area (TPSA) is 17.8 Å². The van der Waals surface area contributed by atoms with Gasteiger partial charge in [-0.15, -0.1) is 0 Å². The number of aryl methyl sites for hydroxylation is 1. The van der Waals surface area contributed by atoms with E-state index in [1.807, 2.05) is 19.1 Å². The maximum Gasteiger partial charge on any atom is 0.151 e. The van der Waals surface area contributed by atoms with Crippen LogP contribution in [0.15, 0.2) is 41.0 Å².